The summed E-state index contributed by atoms with van der Waals surface area (Å²) in [6.07, 6.45) is -1.14. The van der Waals surface area contributed by atoms with Gasteiger partial charge in [0.1, 0.15) is 17.3 Å². The summed E-state index contributed by atoms with van der Waals surface area (Å²) in [6, 6.07) is 21.0. The molecule has 3 nitrogen and oxygen atoms in total. The molecule has 0 radical (unpaired) electrons. The van der Waals surface area contributed by atoms with Crippen molar-refractivity contribution < 1.29 is 14.2 Å². The van der Waals surface area contributed by atoms with Gasteiger partial charge in [-0.1, -0.05) is 42.0 Å². The third-order valence-electron chi connectivity index (χ3n) is 3.59. The minimum atomic E-state index is -1.14. The van der Waals surface area contributed by atoms with Crippen LogP contribution in [0, 0.1) is 12.7 Å². The molecule has 24 heavy (non-hydrogen) atoms. The largest absolute Gasteiger partial charge is 0.457 e. The molecule has 0 heterocycles. The third-order valence-corrected chi connectivity index (χ3v) is 3.59. The fourth-order valence-corrected chi connectivity index (χ4v) is 2.32. The van der Waals surface area contributed by atoms with Crippen molar-refractivity contribution in [3.63, 3.8) is 0 Å². The van der Waals surface area contributed by atoms with E-state index >= 15 is 0 Å². The summed E-state index contributed by atoms with van der Waals surface area (Å²) in [5.41, 5.74) is 1.99. The molecule has 3 aromatic carbocycles. The average molecular weight is 323 g/mol. The Morgan fingerprint density at radius 2 is 1.67 bits per heavy atom. The zero-order valence-corrected chi connectivity index (χ0v) is 13.2. The number of rotatable bonds is 5. The number of aliphatic hydroxyl groups is 1. The highest BCUT2D eigenvalue weighted by Gasteiger charge is 2.12. The molecule has 0 aromatic heterocycles. The standard InChI is InChI=1S/C20H18FNO2/c1-14-9-11-16(12-10-14)24-17-6-4-5-15(13-17)22-20(23)18-7-2-3-8-19(18)21/h2-13,20,22-23H,1H3. The van der Waals surface area contributed by atoms with Gasteiger partial charge in [-0.3, -0.25) is 0 Å². The summed E-state index contributed by atoms with van der Waals surface area (Å²) in [4.78, 5) is 0. The molecule has 3 aromatic rings. The number of aryl methyl sites for hydroxylation is 1. The lowest BCUT2D eigenvalue weighted by atomic mass is 10.2. The number of anilines is 1. The van der Waals surface area contributed by atoms with E-state index in [1.165, 1.54) is 6.07 Å². The first-order chi connectivity index (χ1) is 11.6. The Balaban J connectivity index is 1.73. The fourth-order valence-electron chi connectivity index (χ4n) is 2.32. The number of benzene rings is 3. The van der Waals surface area contributed by atoms with Crippen LogP contribution in [0.15, 0.2) is 72.8 Å². The van der Waals surface area contributed by atoms with Crippen molar-refractivity contribution in [2.75, 3.05) is 5.32 Å². The van der Waals surface area contributed by atoms with Crippen LogP contribution in [-0.4, -0.2) is 5.11 Å². The summed E-state index contributed by atoms with van der Waals surface area (Å²) in [7, 11) is 0. The molecule has 122 valence electrons. The van der Waals surface area contributed by atoms with E-state index in [0.717, 1.165) is 11.3 Å². The quantitative estimate of drug-likeness (QED) is 0.647. The molecule has 3 rings (SSSR count). The Bertz CT molecular complexity index is 818. The molecule has 0 bridgehead atoms. The van der Waals surface area contributed by atoms with Crippen molar-refractivity contribution in [2.24, 2.45) is 0 Å². The highest BCUT2D eigenvalue weighted by atomic mass is 19.1. The van der Waals surface area contributed by atoms with E-state index in [0.29, 0.717) is 11.4 Å². The lowest BCUT2D eigenvalue weighted by molar-refractivity contribution is 0.203. The van der Waals surface area contributed by atoms with Crippen molar-refractivity contribution in [2.45, 2.75) is 13.2 Å². The topological polar surface area (TPSA) is 41.5 Å². The van der Waals surface area contributed by atoms with Gasteiger partial charge in [-0.05, 0) is 37.3 Å². The van der Waals surface area contributed by atoms with E-state index in [2.05, 4.69) is 5.32 Å². The van der Waals surface area contributed by atoms with E-state index < -0.39 is 12.0 Å². The Labute approximate surface area is 140 Å². The van der Waals surface area contributed by atoms with Gasteiger partial charge in [-0.15, -0.1) is 0 Å². The highest BCUT2D eigenvalue weighted by Crippen LogP contribution is 2.26. The van der Waals surface area contributed by atoms with Crippen LogP contribution >= 0.6 is 0 Å². The van der Waals surface area contributed by atoms with Gasteiger partial charge in [-0.2, -0.15) is 0 Å². The Morgan fingerprint density at radius 1 is 0.917 bits per heavy atom. The molecule has 0 amide bonds. The van der Waals surface area contributed by atoms with Crippen LogP contribution in [0.25, 0.3) is 0 Å². The molecule has 0 spiro atoms. The Hall–Kier alpha value is -2.85. The maximum absolute atomic E-state index is 13.7. The number of nitrogens with one attached hydrogen (secondary N) is 1. The molecular weight excluding hydrogens is 305 g/mol. The van der Waals surface area contributed by atoms with Crippen LogP contribution in [-0.2, 0) is 0 Å². The van der Waals surface area contributed by atoms with E-state index in [9.17, 15) is 9.50 Å². The van der Waals surface area contributed by atoms with E-state index in [1.807, 2.05) is 37.3 Å². The lowest BCUT2D eigenvalue weighted by Gasteiger charge is -2.16. The molecule has 0 aliphatic carbocycles. The number of halogens is 1. The van der Waals surface area contributed by atoms with Crippen molar-refractivity contribution in [1.29, 1.82) is 0 Å². The minimum Gasteiger partial charge on any atom is -0.457 e. The molecule has 0 saturated carbocycles. The second kappa shape index (κ2) is 7.15. The predicted octanol–water partition coefficient (Wildman–Crippen LogP) is 5.03. The second-order valence-electron chi connectivity index (χ2n) is 5.51. The van der Waals surface area contributed by atoms with Gasteiger partial charge in [0.25, 0.3) is 0 Å². The fraction of sp³-hybridized carbons (Fsp3) is 0.100. The lowest BCUT2D eigenvalue weighted by Crippen LogP contribution is -2.11. The maximum atomic E-state index is 13.7. The third kappa shape index (κ3) is 3.91. The number of hydrogen-bond acceptors (Lipinski definition) is 3. The molecule has 0 fully saturated rings. The summed E-state index contributed by atoms with van der Waals surface area (Å²) in [5.74, 6) is 0.904. The van der Waals surface area contributed by atoms with Crippen molar-refractivity contribution in [1.82, 2.24) is 0 Å². The van der Waals surface area contributed by atoms with Crippen LogP contribution in [0.4, 0.5) is 10.1 Å². The maximum Gasteiger partial charge on any atom is 0.153 e. The molecule has 2 N–H and O–H groups in total. The van der Waals surface area contributed by atoms with Crippen LogP contribution in [0.2, 0.25) is 0 Å². The van der Waals surface area contributed by atoms with E-state index in [4.69, 9.17) is 4.74 Å². The summed E-state index contributed by atoms with van der Waals surface area (Å²) in [6.45, 7) is 2.01. The van der Waals surface area contributed by atoms with Crippen molar-refractivity contribution in [3.05, 3.63) is 89.7 Å². The zero-order chi connectivity index (χ0) is 16.9. The van der Waals surface area contributed by atoms with Gasteiger partial charge >= 0.3 is 0 Å². The van der Waals surface area contributed by atoms with Crippen LogP contribution in [0.1, 0.15) is 17.4 Å². The molecule has 0 saturated heterocycles. The predicted molar refractivity (Wildman–Crippen MR) is 92.7 cm³/mol. The Morgan fingerprint density at radius 3 is 2.42 bits per heavy atom. The first-order valence-corrected chi connectivity index (χ1v) is 7.65. The average Bonchev–Trinajstić information content (AvgIpc) is 2.58. The van der Waals surface area contributed by atoms with Crippen LogP contribution in [0.5, 0.6) is 11.5 Å². The summed E-state index contributed by atoms with van der Waals surface area (Å²) < 4.78 is 19.5. The molecule has 4 heteroatoms. The smallest absolute Gasteiger partial charge is 0.153 e. The molecule has 0 aliphatic rings. The van der Waals surface area contributed by atoms with Gasteiger partial charge in [0.15, 0.2) is 6.23 Å². The normalized spacial score (nSPS) is 11.8. The first kappa shape index (κ1) is 16.0. The Kier molecular flexibility index (Phi) is 4.77. The van der Waals surface area contributed by atoms with Gasteiger partial charge in [0, 0.05) is 17.3 Å². The molecule has 0 aliphatic heterocycles. The van der Waals surface area contributed by atoms with Gasteiger partial charge in [-0.25, -0.2) is 4.39 Å². The van der Waals surface area contributed by atoms with Crippen molar-refractivity contribution >= 4 is 5.69 Å². The van der Waals surface area contributed by atoms with Crippen LogP contribution in [0.3, 0.4) is 0 Å². The first-order valence-electron chi connectivity index (χ1n) is 7.65. The molecule has 1 atom stereocenters. The van der Waals surface area contributed by atoms with Gasteiger partial charge in [0.2, 0.25) is 0 Å². The minimum absolute atomic E-state index is 0.197. The highest BCUT2D eigenvalue weighted by molar-refractivity contribution is 5.50. The molecule has 1 unspecified atom stereocenters. The SMILES string of the molecule is Cc1ccc(Oc2cccc(NC(O)c3ccccc3F)c2)cc1. The monoisotopic (exact) mass is 323 g/mol. The summed E-state index contributed by atoms with van der Waals surface area (Å²) in [5, 5.41) is 13.0. The van der Waals surface area contributed by atoms with Gasteiger partial charge < -0.3 is 15.2 Å². The van der Waals surface area contributed by atoms with Crippen LogP contribution < -0.4 is 10.1 Å². The second-order valence-corrected chi connectivity index (χ2v) is 5.51. The number of ether oxygens (including phenoxy) is 1. The van der Waals surface area contributed by atoms with E-state index in [1.54, 1.807) is 36.4 Å². The summed E-state index contributed by atoms with van der Waals surface area (Å²) >= 11 is 0. The van der Waals surface area contributed by atoms with E-state index in [-0.39, 0.29) is 5.56 Å². The van der Waals surface area contributed by atoms with Crippen molar-refractivity contribution in [3.8, 4) is 11.5 Å². The molecular formula is C20H18FNO2. The van der Waals surface area contributed by atoms with Gasteiger partial charge in [0.05, 0.1) is 0 Å². The number of aliphatic hydroxyl groups excluding tert-OH is 1. The number of hydrogen-bond donors (Lipinski definition) is 2. The zero-order valence-electron chi connectivity index (χ0n) is 13.2.